The molecule has 0 heteroatoms. The lowest BCUT2D eigenvalue weighted by Crippen LogP contribution is -2.28. The highest BCUT2D eigenvalue weighted by molar-refractivity contribution is 6.21. The molecular weight excluding hydrogens is 553 g/mol. The zero-order chi connectivity index (χ0) is 31.6. The third-order valence-corrected chi connectivity index (χ3v) is 9.16. The summed E-state index contributed by atoms with van der Waals surface area (Å²) in [6.45, 7) is 8.33. The molecule has 0 fully saturated rings. The molecule has 8 aromatic carbocycles. The monoisotopic (exact) mass is 590 g/mol. The van der Waals surface area contributed by atoms with E-state index in [9.17, 15) is 0 Å². The highest BCUT2D eigenvalue weighted by Gasteiger charge is 2.18. The van der Waals surface area contributed by atoms with Crippen molar-refractivity contribution in [3.05, 3.63) is 156 Å². The quantitative estimate of drug-likeness (QED) is 0.180. The molecule has 0 radical (unpaired) electrons. The van der Waals surface area contributed by atoms with Gasteiger partial charge in [-0.15, -0.1) is 0 Å². The van der Waals surface area contributed by atoms with Gasteiger partial charge in [0.25, 0.3) is 0 Å². The second kappa shape index (κ2) is 12.5. The zero-order valence-corrected chi connectivity index (χ0v) is 27.0. The smallest absolute Gasteiger partial charge is 0.00202 e. The van der Waals surface area contributed by atoms with Crippen molar-refractivity contribution in [1.29, 1.82) is 0 Å². The van der Waals surface area contributed by atoms with Gasteiger partial charge in [0, 0.05) is 0 Å². The van der Waals surface area contributed by atoms with Gasteiger partial charge in [0.05, 0.1) is 0 Å². The van der Waals surface area contributed by atoms with Crippen LogP contribution in [-0.4, -0.2) is 0 Å². The van der Waals surface area contributed by atoms with Gasteiger partial charge in [-0.1, -0.05) is 159 Å². The maximum Gasteiger partial charge on any atom is -0.00202 e. The Morgan fingerprint density at radius 3 is 1.26 bits per heavy atom. The van der Waals surface area contributed by atoms with Gasteiger partial charge in [0.15, 0.2) is 0 Å². The van der Waals surface area contributed by atoms with Crippen molar-refractivity contribution >= 4 is 55.2 Å². The Kier molecular flexibility index (Phi) is 7.95. The number of benzene rings is 8. The highest BCUT2D eigenvalue weighted by atomic mass is 14.2. The van der Waals surface area contributed by atoms with E-state index >= 15 is 0 Å². The van der Waals surface area contributed by atoms with Crippen LogP contribution in [-0.2, 0) is 0 Å². The average molecular weight is 591 g/mol. The van der Waals surface area contributed by atoms with Crippen molar-refractivity contribution in [2.45, 2.75) is 27.7 Å². The van der Waals surface area contributed by atoms with Crippen LogP contribution in [0, 0.1) is 0 Å². The lowest BCUT2D eigenvalue weighted by molar-refractivity contribution is 1.48. The van der Waals surface area contributed by atoms with E-state index in [1.807, 2.05) is 13.8 Å². The van der Waals surface area contributed by atoms with E-state index < -0.39 is 0 Å². The van der Waals surface area contributed by atoms with E-state index in [0.717, 1.165) is 0 Å². The van der Waals surface area contributed by atoms with Gasteiger partial charge in [-0.3, -0.25) is 0 Å². The highest BCUT2D eigenvalue weighted by Crippen LogP contribution is 2.43. The van der Waals surface area contributed by atoms with E-state index in [-0.39, 0.29) is 0 Å². The first-order chi connectivity index (χ1) is 22.7. The molecule has 0 atom stereocenters. The van der Waals surface area contributed by atoms with Gasteiger partial charge in [0.2, 0.25) is 0 Å². The van der Waals surface area contributed by atoms with Crippen LogP contribution < -0.4 is 10.4 Å². The summed E-state index contributed by atoms with van der Waals surface area (Å²) in [5.74, 6) is 0. The predicted molar refractivity (Wildman–Crippen MR) is 204 cm³/mol. The molecule has 0 aromatic heterocycles. The average Bonchev–Trinajstić information content (AvgIpc) is 3.13. The van der Waals surface area contributed by atoms with Crippen molar-refractivity contribution in [3.63, 3.8) is 0 Å². The Morgan fingerprint density at radius 2 is 0.739 bits per heavy atom. The summed E-state index contributed by atoms with van der Waals surface area (Å²) in [5, 5.41) is 12.7. The Balaban J connectivity index is 0.00000166. The molecule has 222 valence electrons. The van der Waals surface area contributed by atoms with Crippen molar-refractivity contribution in [3.8, 4) is 33.4 Å². The Labute approximate surface area is 271 Å². The van der Waals surface area contributed by atoms with Crippen molar-refractivity contribution in [1.82, 2.24) is 0 Å². The Hall–Kier alpha value is -5.46. The minimum Gasteiger partial charge on any atom is -0.0791 e. The maximum atomic E-state index is 2.34. The largest absolute Gasteiger partial charge is 0.0791 e. The number of hydrogen-bond acceptors (Lipinski definition) is 0. The summed E-state index contributed by atoms with van der Waals surface area (Å²) in [4.78, 5) is 0. The van der Waals surface area contributed by atoms with E-state index in [1.54, 1.807) is 0 Å². The minimum absolute atomic E-state index is 1.24. The predicted octanol–water partition coefficient (Wildman–Crippen LogP) is 11.9. The van der Waals surface area contributed by atoms with Gasteiger partial charge in [-0.25, -0.2) is 0 Å². The minimum atomic E-state index is 1.24. The molecule has 0 spiro atoms. The van der Waals surface area contributed by atoms with Crippen LogP contribution in [0.4, 0.5) is 0 Å². The number of hydrogen-bond donors (Lipinski definition) is 0. The summed E-state index contributed by atoms with van der Waals surface area (Å²) in [7, 11) is 0. The Bertz CT molecular complexity index is 2460. The molecule has 0 N–H and O–H groups in total. The van der Waals surface area contributed by atoms with Gasteiger partial charge in [-0.05, 0) is 113 Å². The van der Waals surface area contributed by atoms with Crippen molar-refractivity contribution < 1.29 is 0 Å². The number of fused-ring (bicyclic) bond motifs is 4. The summed E-state index contributed by atoms with van der Waals surface area (Å²) >= 11 is 0. The first kappa shape index (κ1) is 29.3. The maximum absolute atomic E-state index is 2.34. The molecule has 0 aliphatic rings. The van der Waals surface area contributed by atoms with Gasteiger partial charge in [0.1, 0.15) is 0 Å². The molecule has 0 saturated heterocycles. The molecule has 0 bridgehead atoms. The first-order valence-corrected chi connectivity index (χ1v) is 16.4. The van der Waals surface area contributed by atoms with Crippen LogP contribution in [0.3, 0.4) is 0 Å². The fourth-order valence-corrected chi connectivity index (χ4v) is 7.16. The molecule has 0 unspecified atom stereocenters. The molecule has 0 aliphatic carbocycles. The second-order valence-corrected chi connectivity index (χ2v) is 11.5. The topological polar surface area (TPSA) is 0 Å². The SMILES string of the molecule is C/C=c1/c(-c2ccc3ccccc3c2)ccc(-c2c3ccccc3c(-c3ccc4ccccc4c3)c3ccccc23)/c1=C/C.CC. The summed E-state index contributed by atoms with van der Waals surface area (Å²) in [5.41, 5.74) is 7.61. The second-order valence-electron chi connectivity index (χ2n) is 11.5. The molecule has 0 nitrogen and oxygen atoms in total. The molecule has 46 heavy (non-hydrogen) atoms. The van der Waals surface area contributed by atoms with Crippen LogP contribution in [0.25, 0.3) is 88.6 Å². The fraction of sp³-hybridized carbons (Fsp3) is 0.0870. The fourth-order valence-electron chi connectivity index (χ4n) is 7.16. The van der Waals surface area contributed by atoms with Gasteiger partial charge < -0.3 is 0 Å². The molecule has 0 aliphatic heterocycles. The van der Waals surface area contributed by atoms with Crippen LogP contribution in [0.15, 0.2) is 146 Å². The van der Waals surface area contributed by atoms with Crippen LogP contribution >= 0.6 is 0 Å². The van der Waals surface area contributed by atoms with E-state index in [4.69, 9.17) is 0 Å². The Morgan fingerprint density at radius 1 is 0.348 bits per heavy atom. The molecule has 8 aromatic rings. The molecule has 8 rings (SSSR count). The van der Waals surface area contributed by atoms with Crippen LogP contribution in [0.1, 0.15) is 27.7 Å². The lowest BCUT2D eigenvalue weighted by Gasteiger charge is -2.19. The van der Waals surface area contributed by atoms with Crippen LogP contribution in [0.2, 0.25) is 0 Å². The van der Waals surface area contributed by atoms with E-state index in [2.05, 4.69) is 172 Å². The summed E-state index contributed by atoms with van der Waals surface area (Å²) in [6.07, 6.45) is 4.56. The van der Waals surface area contributed by atoms with Crippen molar-refractivity contribution in [2.75, 3.05) is 0 Å². The number of rotatable bonds is 3. The molecule has 0 amide bonds. The lowest BCUT2D eigenvalue weighted by atomic mass is 9.84. The third-order valence-electron chi connectivity index (χ3n) is 9.16. The normalized spacial score (nSPS) is 12.2. The first-order valence-electron chi connectivity index (χ1n) is 16.4. The summed E-state index contributed by atoms with van der Waals surface area (Å²) in [6, 6.07) is 53.5. The van der Waals surface area contributed by atoms with Crippen LogP contribution in [0.5, 0.6) is 0 Å². The molecule has 0 heterocycles. The standard InChI is InChI=1S/C44H32.C2H6/c1-3-35-36(4-2)42(26-25-37(35)33-23-21-29-13-5-7-15-31(29)27-33)44-40-19-11-9-17-38(40)43(39-18-10-12-20-41(39)44)34-24-22-30-14-6-8-16-32(30)28-34;1-2/h3-28H,1-2H3;1-2H3/b35-3+,36-4+;. The van der Waals surface area contributed by atoms with Gasteiger partial charge >= 0.3 is 0 Å². The van der Waals surface area contributed by atoms with E-state index in [0.29, 0.717) is 0 Å². The van der Waals surface area contributed by atoms with Gasteiger partial charge in [-0.2, -0.15) is 0 Å². The zero-order valence-electron chi connectivity index (χ0n) is 27.0. The van der Waals surface area contributed by atoms with E-state index in [1.165, 1.54) is 86.9 Å². The molecular formula is C46H38. The summed E-state index contributed by atoms with van der Waals surface area (Å²) < 4.78 is 0. The molecule has 0 saturated carbocycles. The third kappa shape index (κ3) is 4.88. The van der Waals surface area contributed by atoms with Crippen molar-refractivity contribution in [2.24, 2.45) is 0 Å².